The number of rotatable bonds is 14. The first-order chi connectivity index (χ1) is 15.1. The molecule has 0 bridgehead atoms. The third-order valence-corrected chi connectivity index (χ3v) is 4.51. The van der Waals surface area contributed by atoms with Crippen LogP contribution in [0, 0.1) is 0 Å². The van der Waals surface area contributed by atoms with E-state index in [0.29, 0.717) is 43.2 Å². The molecule has 0 N–H and O–H groups in total. The summed E-state index contributed by atoms with van der Waals surface area (Å²) >= 11 is 0. The molecule has 0 fully saturated rings. The smallest absolute Gasteiger partial charge is 0.249 e. The van der Waals surface area contributed by atoms with Crippen LogP contribution in [0.3, 0.4) is 0 Å². The molecule has 0 radical (unpaired) electrons. The molecule has 31 heavy (non-hydrogen) atoms. The van der Waals surface area contributed by atoms with Gasteiger partial charge in [0.2, 0.25) is 11.8 Å². The Hall–Kier alpha value is -2.78. The van der Waals surface area contributed by atoms with E-state index in [9.17, 15) is 0 Å². The SMILES string of the molecule is CCOc1nc(N(C)CCCOC)nc(N(C)CCCOC)c1N=Nc1ccccc1. The second-order valence-electron chi connectivity index (χ2n) is 7.01. The largest absolute Gasteiger partial charge is 0.476 e. The van der Waals surface area contributed by atoms with Gasteiger partial charge in [-0.05, 0) is 31.9 Å². The van der Waals surface area contributed by atoms with E-state index in [1.165, 1.54) is 0 Å². The molecule has 0 saturated carbocycles. The molecule has 1 heterocycles. The van der Waals surface area contributed by atoms with Gasteiger partial charge in [0.15, 0.2) is 11.5 Å². The number of ether oxygens (including phenoxy) is 3. The first kappa shape index (κ1) is 24.5. The molecule has 2 aromatic rings. The van der Waals surface area contributed by atoms with Crippen LogP contribution in [0.5, 0.6) is 5.88 Å². The van der Waals surface area contributed by atoms with Crippen LogP contribution in [-0.4, -0.2) is 71.2 Å². The van der Waals surface area contributed by atoms with Gasteiger partial charge in [0.05, 0.1) is 12.3 Å². The van der Waals surface area contributed by atoms with Gasteiger partial charge >= 0.3 is 0 Å². The van der Waals surface area contributed by atoms with Gasteiger partial charge in [-0.3, -0.25) is 0 Å². The molecule has 1 aromatic carbocycles. The predicted molar refractivity (Wildman–Crippen MR) is 123 cm³/mol. The fourth-order valence-electron chi connectivity index (χ4n) is 2.87. The molecule has 9 heteroatoms. The van der Waals surface area contributed by atoms with E-state index >= 15 is 0 Å². The molecule has 0 atom stereocenters. The minimum Gasteiger partial charge on any atom is -0.476 e. The van der Waals surface area contributed by atoms with Gasteiger partial charge in [-0.1, -0.05) is 18.2 Å². The summed E-state index contributed by atoms with van der Waals surface area (Å²) < 4.78 is 16.2. The van der Waals surface area contributed by atoms with Crippen LogP contribution < -0.4 is 14.5 Å². The number of benzene rings is 1. The van der Waals surface area contributed by atoms with E-state index in [4.69, 9.17) is 19.2 Å². The van der Waals surface area contributed by atoms with Crippen molar-refractivity contribution >= 4 is 23.1 Å². The van der Waals surface area contributed by atoms with E-state index < -0.39 is 0 Å². The molecule has 0 saturated heterocycles. The number of azo groups is 1. The third-order valence-electron chi connectivity index (χ3n) is 4.51. The zero-order valence-corrected chi connectivity index (χ0v) is 19.2. The summed E-state index contributed by atoms with van der Waals surface area (Å²) in [4.78, 5) is 13.5. The molecule has 9 nitrogen and oxygen atoms in total. The quantitative estimate of drug-likeness (QED) is 0.327. The van der Waals surface area contributed by atoms with Gasteiger partial charge in [-0.15, -0.1) is 5.11 Å². The molecule has 0 amide bonds. The van der Waals surface area contributed by atoms with Crippen LogP contribution in [0.4, 0.5) is 23.1 Å². The number of methoxy groups -OCH3 is 2. The maximum absolute atomic E-state index is 5.85. The monoisotopic (exact) mass is 430 g/mol. The van der Waals surface area contributed by atoms with Gasteiger partial charge in [-0.25, -0.2) is 0 Å². The third kappa shape index (κ3) is 7.76. The molecule has 0 aliphatic rings. The Bertz CT molecular complexity index is 803. The number of aromatic nitrogens is 2. The summed E-state index contributed by atoms with van der Waals surface area (Å²) in [6, 6.07) is 9.57. The van der Waals surface area contributed by atoms with Crippen LogP contribution in [-0.2, 0) is 9.47 Å². The predicted octanol–water partition coefficient (Wildman–Crippen LogP) is 4.24. The topological polar surface area (TPSA) is 84.7 Å². The Morgan fingerprint density at radius 2 is 1.52 bits per heavy atom. The summed E-state index contributed by atoms with van der Waals surface area (Å²) in [6.07, 6.45) is 1.73. The van der Waals surface area contributed by atoms with E-state index in [0.717, 1.165) is 31.6 Å². The molecule has 0 spiro atoms. The minimum absolute atomic E-state index is 0.416. The minimum atomic E-state index is 0.416. The summed E-state index contributed by atoms with van der Waals surface area (Å²) in [5.74, 6) is 1.66. The Kier molecular flexibility index (Phi) is 10.7. The van der Waals surface area contributed by atoms with Gasteiger partial charge in [0, 0.05) is 54.6 Å². The first-order valence-electron chi connectivity index (χ1n) is 10.5. The number of hydrogen-bond donors (Lipinski definition) is 0. The van der Waals surface area contributed by atoms with Crippen molar-refractivity contribution in [3.8, 4) is 5.88 Å². The van der Waals surface area contributed by atoms with Crippen LogP contribution in [0.25, 0.3) is 0 Å². The normalized spacial score (nSPS) is 11.1. The molecular formula is C22H34N6O3. The van der Waals surface area contributed by atoms with E-state index in [2.05, 4.69) is 15.2 Å². The van der Waals surface area contributed by atoms with Crippen LogP contribution in [0.1, 0.15) is 19.8 Å². The molecular weight excluding hydrogens is 396 g/mol. The lowest BCUT2D eigenvalue weighted by Crippen LogP contribution is -2.26. The molecule has 0 unspecified atom stereocenters. The number of anilines is 2. The van der Waals surface area contributed by atoms with Crippen molar-refractivity contribution in [3.05, 3.63) is 30.3 Å². The maximum Gasteiger partial charge on any atom is 0.249 e. The van der Waals surface area contributed by atoms with E-state index in [1.54, 1.807) is 14.2 Å². The fraction of sp³-hybridized carbons (Fsp3) is 0.545. The van der Waals surface area contributed by atoms with Gasteiger partial charge in [0.1, 0.15) is 0 Å². The highest BCUT2D eigenvalue weighted by molar-refractivity contribution is 5.69. The molecule has 0 aliphatic carbocycles. The fourth-order valence-corrected chi connectivity index (χ4v) is 2.87. The lowest BCUT2D eigenvalue weighted by Gasteiger charge is -2.24. The molecule has 0 aliphatic heterocycles. The number of hydrogen-bond acceptors (Lipinski definition) is 9. The first-order valence-corrected chi connectivity index (χ1v) is 10.5. The highest BCUT2D eigenvalue weighted by Gasteiger charge is 2.21. The zero-order valence-electron chi connectivity index (χ0n) is 19.2. The van der Waals surface area contributed by atoms with Crippen molar-refractivity contribution < 1.29 is 14.2 Å². The lowest BCUT2D eigenvalue weighted by atomic mass is 10.3. The van der Waals surface area contributed by atoms with Gasteiger partial charge in [0.25, 0.3) is 0 Å². The lowest BCUT2D eigenvalue weighted by molar-refractivity contribution is 0.196. The van der Waals surface area contributed by atoms with Crippen LogP contribution in [0.15, 0.2) is 40.6 Å². The molecule has 2 rings (SSSR count). The molecule has 170 valence electrons. The van der Waals surface area contributed by atoms with E-state index in [-0.39, 0.29) is 0 Å². The average molecular weight is 431 g/mol. The Morgan fingerprint density at radius 1 is 0.871 bits per heavy atom. The van der Waals surface area contributed by atoms with Crippen molar-refractivity contribution in [2.45, 2.75) is 19.8 Å². The molecule has 1 aromatic heterocycles. The second kappa shape index (κ2) is 13.5. The van der Waals surface area contributed by atoms with Crippen LogP contribution in [0.2, 0.25) is 0 Å². The highest BCUT2D eigenvalue weighted by Crippen LogP contribution is 2.37. The van der Waals surface area contributed by atoms with E-state index in [1.807, 2.05) is 61.2 Å². The van der Waals surface area contributed by atoms with Crippen molar-refractivity contribution in [1.82, 2.24) is 9.97 Å². The standard InChI is InChI=1S/C22H34N6O3/c1-6-31-21-19(26-25-18-12-8-7-9-13-18)20(27(2)14-10-16-29-4)23-22(24-21)28(3)15-11-17-30-5/h7-9,12-13H,6,10-11,14-17H2,1-5H3. The number of nitrogens with zero attached hydrogens (tertiary/aromatic N) is 6. The van der Waals surface area contributed by atoms with Gasteiger partial charge in [-0.2, -0.15) is 15.1 Å². The Morgan fingerprint density at radius 3 is 2.13 bits per heavy atom. The van der Waals surface area contributed by atoms with Crippen LogP contribution >= 0.6 is 0 Å². The maximum atomic E-state index is 5.85. The van der Waals surface area contributed by atoms with Crippen molar-refractivity contribution in [2.24, 2.45) is 10.2 Å². The second-order valence-corrected chi connectivity index (χ2v) is 7.01. The van der Waals surface area contributed by atoms with Crippen molar-refractivity contribution in [1.29, 1.82) is 0 Å². The summed E-state index contributed by atoms with van der Waals surface area (Å²) in [5, 5.41) is 8.86. The average Bonchev–Trinajstić information content (AvgIpc) is 2.78. The van der Waals surface area contributed by atoms with Crippen molar-refractivity contribution in [2.75, 3.05) is 71.0 Å². The Balaban J connectivity index is 2.43. The van der Waals surface area contributed by atoms with Crippen molar-refractivity contribution in [3.63, 3.8) is 0 Å². The Labute approximate surface area is 185 Å². The highest BCUT2D eigenvalue weighted by atomic mass is 16.5. The summed E-state index contributed by atoms with van der Waals surface area (Å²) in [5.41, 5.74) is 1.26. The van der Waals surface area contributed by atoms with Gasteiger partial charge < -0.3 is 24.0 Å². The zero-order chi connectivity index (χ0) is 22.5. The summed E-state index contributed by atoms with van der Waals surface area (Å²) in [7, 11) is 7.33. The summed E-state index contributed by atoms with van der Waals surface area (Å²) in [6.45, 7) is 5.23.